The van der Waals surface area contributed by atoms with E-state index in [4.69, 9.17) is 46.3 Å². The Morgan fingerprint density at radius 1 is 1.18 bits per heavy atom. The number of anilines is 2. The van der Waals surface area contributed by atoms with Gasteiger partial charge in [0.1, 0.15) is 0 Å². The van der Waals surface area contributed by atoms with Gasteiger partial charge in [0.15, 0.2) is 0 Å². The summed E-state index contributed by atoms with van der Waals surface area (Å²) in [5, 5.41) is 17.7. The molecule has 0 aromatic heterocycles. The molecule has 0 saturated heterocycles. The van der Waals surface area contributed by atoms with Crippen molar-refractivity contribution in [1.82, 2.24) is 0 Å². The summed E-state index contributed by atoms with van der Waals surface area (Å²) in [5.41, 5.74) is 11.0. The predicted molar refractivity (Wildman–Crippen MR) is 118 cm³/mol. The van der Waals surface area contributed by atoms with Gasteiger partial charge in [0.2, 0.25) is 0 Å². The molecule has 2 rings (SSSR count). The molecule has 0 atom stereocenters. The quantitative estimate of drug-likeness (QED) is 0.222. The van der Waals surface area contributed by atoms with Crippen LogP contribution >= 0.6 is 51.9 Å². The fraction of sp³-hybridized carbons (Fsp3) is 0.0667. The van der Waals surface area contributed by atoms with Crippen LogP contribution in [-0.4, -0.2) is 36.9 Å². The van der Waals surface area contributed by atoms with Gasteiger partial charge in [-0.3, -0.25) is 4.39 Å². The van der Waals surface area contributed by atoms with E-state index < -0.39 is 19.1 Å². The Bertz CT molecular complexity index is 855. The Kier molecular flexibility index (Phi) is 14.2. The van der Waals surface area contributed by atoms with E-state index >= 15 is 0 Å². The molecule has 7 nitrogen and oxygen atoms in total. The van der Waals surface area contributed by atoms with Crippen molar-refractivity contribution in [2.45, 2.75) is 0 Å². The summed E-state index contributed by atoms with van der Waals surface area (Å²) in [6.45, 7) is 0. The first kappa shape index (κ1) is 26.2. The molecule has 0 spiro atoms. The third-order valence-electron chi connectivity index (χ3n) is 2.61. The Morgan fingerprint density at radius 2 is 1.61 bits per heavy atom. The van der Waals surface area contributed by atoms with Gasteiger partial charge in [0.05, 0.1) is 41.1 Å². The van der Waals surface area contributed by atoms with Crippen molar-refractivity contribution in [3.8, 4) is 0 Å². The number of hydrogen-bond acceptors (Lipinski definition) is 6. The number of nitrogen functional groups attached to an aromatic ring is 2. The molecule has 0 bridgehead atoms. The van der Waals surface area contributed by atoms with Crippen LogP contribution in [0.5, 0.6) is 0 Å². The number of carbonyl (C=O) groups is 2. The summed E-state index contributed by atoms with van der Waals surface area (Å²) in [6.07, 6.45) is 0. The number of nitrogens with two attached hydrogens (primary N) is 2. The molecule has 2 aromatic carbocycles. The zero-order valence-corrected chi connectivity index (χ0v) is 17.9. The molecule has 0 aliphatic carbocycles. The summed E-state index contributed by atoms with van der Waals surface area (Å²) in [5.74, 6) is -2.15. The van der Waals surface area contributed by atoms with E-state index in [1.807, 2.05) is 0 Å². The van der Waals surface area contributed by atoms with E-state index in [0.29, 0.717) is 4.47 Å². The normalized spacial score (nSPS) is 9.07. The van der Waals surface area contributed by atoms with Crippen LogP contribution in [0.4, 0.5) is 15.8 Å². The van der Waals surface area contributed by atoms with Crippen molar-refractivity contribution in [3.63, 3.8) is 0 Å². The van der Waals surface area contributed by atoms with Crippen LogP contribution in [0.15, 0.2) is 39.1 Å². The molecule has 1 radical (unpaired) electrons. The summed E-state index contributed by atoms with van der Waals surface area (Å²) >= 11 is 17.5. The third kappa shape index (κ3) is 9.93. The van der Waals surface area contributed by atoms with Gasteiger partial charge in [-0.05, 0) is 24.3 Å². The number of rotatable bonds is 2. The first-order chi connectivity index (χ1) is 13.5. The van der Waals surface area contributed by atoms with Crippen LogP contribution in [-0.2, 0) is 0 Å². The Morgan fingerprint density at radius 3 is 2.00 bits per heavy atom. The number of aromatic carboxylic acids is 2. The van der Waals surface area contributed by atoms with E-state index in [9.17, 15) is 14.0 Å². The van der Waals surface area contributed by atoms with Gasteiger partial charge in [-0.1, -0.05) is 45.2 Å². The average Bonchev–Trinajstić information content (AvgIpc) is 2.62. The van der Waals surface area contributed by atoms with Crippen molar-refractivity contribution >= 4 is 82.9 Å². The predicted octanol–water partition coefficient (Wildman–Crippen LogP) is 4.77. The molecule has 0 amide bonds. The molecule has 0 aliphatic heterocycles. The maximum atomic E-state index is 10.6. The second-order valence-corrected chi connectivity index (χ2v) is 6.24. The zero-order chi connectivity index (χ0) is 23.1. The van der Waals surface area contributed by atoms with Crippen LogP contribution in [0.25, 0.3) is 0 Å². The van der Waals surface area contributed by atoms with Crippen LogP contribution in [0, 0.1) is 0 Å². The van der Waals surface area contributed by atoms with Gasteiger partial charge in [0, 0.05) is 4.47 Å². The van der Waals surface area contributed by atoms with Crippen molar-refractivity contribution in [2.75, 3.05) is 18.6 Å². The summed E-state index contributed by atoms with van der Waals surface area (Å²) in [7, 11) is 3.34. The van der Waals surface area contributed by atoms with Crippen molar-refractivity contribution in [2.24, 2.45) is 4.30 Å². The number of thiol groups is 1. The van der Waals surface area contributed by atoms with Crippen LogP contribution < -0.4 is 11.5 Å². The second kappa shape index (κ2) is 15.1. The molecule has 0 fully saturated rings. The van der Waals surface area contributed by atoms with E-state index in [-0.39, 0.29) is 32.5 Å². The minimum atomic E-state index is -1.09. The van der Waals surface area contributed by atoms with Crippen LogP contribution in [0.3, 0.4) is 0 Å². The summed E-state index contributed by atoms with van der Waals surface area (Å²) < 4.78 is 18.8. The fourth-order valence-electron chi connectivity index (χ4n) is 1.49. The van der Waals surface area contributed by atoms with Crippen LogP contribution in [0.1, 0.15) is 22.1 Å². The molecule has 6 N–H and O–H groups in total. The zero-order valence-electron chi connectivity index (χ0n) is 14.9. The summed E-state index contributed by atoms with van der Waals surface area (Å²) in [4.78, 5) is 21.0. The van der Waals surface area contributed by atoms with Gasteiger partial charge in [0.25, 0.3) is 0 Å². The monoisotopic (exact) mass is 513 g/mol. The number of benzene rings is 2. The number of alkyl halides is 1. The molecule has 13 heteroatoms. The first-order valence-electron chi connectivity index (χ1n) is 7.33. The Balaban J connectivity index is 0. The van der Waals surface area contributed by atoms with Gasteiger partial charge in [-0.25, -0.2) is 9.59 Å². The Hall–Kier alpha value is -1.82. The number of carboxylic acids is 2. The molecule has 0 unspecified atom stereocenters. The van der Waals surface area contributed by atoms with E-state index in [0.717, 1.165) is 0 Å². The number of carboxylic acid groups (broad SMARTS) is 2. The number of para-hydroxylation sites is 1. The van der Waals surface area contributed by atoms with E-state index in [1.54, 1.807) is 18.2 Å². The van der Waals surface area contributed by atoms with Crippen LogP contribution in [0.2, 0.25) is 10.0 Å². The molecule has 0 aliphatic rings. The van der Waals surface area contributed by atoms with Gasteiger partial charge in [-0.2, -0.15) is 0 Å². The summed E-state index contributed by atoms with van der Waals surface area (Å²) in [6, 6.07) is 7.45. The molecule has 151 valence electrons. The number of halogens is 4. The van der Waals surface area contributed by atoms with Crippen molar-refractivity contribution in [1.29, 1.82) is 0 Å². The fourth-order valence-corrected chi connectivity index (χ4v) is 2.47. The molecule has 2 aromatic rings. The molecular formula is C15H15BBrCl2FN3O4S. The molecule has 0 heterocycles. The molecule has 28 heavy (non-hydrogen) atoms. The minimum absolute atomic E-state index is 0.00868. The van der Waals surface area contributed by atoms with Crippen molar-refractivity contribution in [3.05, 3.63) is 56.0 Å². The van der Waals surface area contributed by atoms with Crippen molar-refractivity contribution < 1.29 is 25.6 Å². The molecular weight excluding hydrogens is 499 g/mol. The standard InChI is InChI=1S/C7H5BrClNO2.C7H6ClNO2.CH3F.BHNS/c8-3-1-4(7(11)12)6(10)5(9)2-3;8-5-3-1-2-4(6(5)9)7(10)11;1-2;1-2-3/h1-2H,10H2,(H,11,12);1-3H,9H2,(H,10,11);1H3;3H/i;;1D;. The first-order valence-corrected chi connectivity index (χ1v) is 8.57. The Labute approximate surface area is 187 Å². The van der Waals surface area contributed by atoms with Gasteiger partial charge >= 0.3 is 36.7 Å². The maximum absolute atomic E-state index is 10.6. The number of nitrogens with zero attached hydrogens (tertiary/aromatic N) is 1. The SMILES string of the molecule is Nc1c(Cl)cc(Br)cc1C(=O)O.Nc1c(Cl)cccc1C(=O)O.[2H]CF.[B]=NS. The molecule has 0 saturated carbocycles. The van der Waals surface area contributed by atoms with E-state index in [2.05, 4.69) is 40.7 Å². The second-order valence-electron chi connectivity index (χ2n) is 4.28. The van der Waals surface area contributed by atoms with Gasteiger partial charge in [-0.15, -0.1) is 0 Å². The topological polar surface area (TPSA) is 139 Å². The average molecular weight is 515 g/mol. The van der Waals surface area contributed by atoms with E-state index in [1.165, 1.54) is 12.1 Å². The number of hydrogen-bond donors (Lipinski definition) is 5. The van der Waals surface area contributed by atoms with Gasteiger partial charge < -0.3 is 21.7 Å². The third-order valence-corrected chi connectivity index (χ3v) is 3.71.